The number of para-hydroxylation sites is 1. The van der Waals surface area contributed by atoms with Crippen molar-refractivity contribution in [2.45, 2.75) is 12.4 Å². The average Bonchev–Trinajstić information content (AvgIpc) is 2.79. The molecule has 0 N–H and O–H groups in total. The van der Waals surface area contributed by atoms with Crippen molar-refractivity contribution in [3.8, 4) is 0 Å². The fourth-order valence-corrected chi connectivity index (χ4v) is 2.59. The summed E-state index contributed by atoms with van der Waals surface area (Å²) in [6.45, 7) is 0.614. The normalized spacial score (nSPS) is 11.1. The molecule has 0 radical (unpaired) electrons. The molecule has 96 valence electrons. The molecule has 0 bridgehead atoms. The van der Waals surface area contributed by atoms with E-state index >= 15 is 0 Å². The van der Waals surface area contributed by atoms with E-state index in [0.29, 0.717) is 17.4 Å². The zero-order chi connectivity index (χ0) is 13.2. The highest BCUT2D eigenvalue weighted by molar-refractivity contribution is 6.35. The van der Waals surface area contributed by atoms with E-state index in [4.69, 9.17) is 23.2 Å². The van der Waals surface area contributed by atoms with Gasteiger partial charge in [0.25, 0.3) is 0 Å². The van der Waals surface area contributed by atoms with Crippen LogP contribution in [0.15, 0.2) is 42.6 Å². The highest BCUT2D eigenvalue weighted by Gasteiger charge is 2.13. The number of pyridine rings is 1. The van der Waals surface area contributed by atoms with Crippen molar-refractivity contribution in [1.29, 1.82) is 0 Å². The molecule has 0 atom stereocenters. The molecule has 0 unspecified atom stereocenters. The van der Waals surface area contributed by atoms with Crippen LogP contribution in [0.3, 0.4) is 0 Å². The highest BCUT2D eigenvalue weighted by atomic mass is 35.5. The van der Waals surface area contributed by atoms with Gasteiger partial charge in [-0.15, -0.1) is 11.6 Å². The maximum absolute atomic E-state index is 6.27. The minimum absolute atomic E-state index is 0.345. The van der Waals surface area contributed by atoms with Gasteiger partial charge in [0, 0.05) is 6.20 Å². The molecule has 0 aliphatic heterocycles. The van der Waals surface area contributed by atoms with Crippen molar-refractivity contribution in [3.05, 3.63) is 59.1 Å². The third-order valence-corrected chi connectivity index (χ3v) is 3.51. The summed E-state index contributed by atoms with van der Waals surface area (Å²) in [6.07, 6.45) is 1.77. The minimum atomic E-state index is 0.345. The van der Waals surface area contributed by atoms with Crippen molar-refractivity contribution in [2.24, 2.45) is 0 Å². The van der Waals surface area contributed by atoms with Crippen LogP contribution in [0.4, 0.5) is 0 Å². The number of benzene rings is 1. The number of rotatable bonds is 3. The van der Waals surface area contributed by atoms with E-state index < -0.39 is 0 Å². The van der Waals surface area contributed by atoms with Crippen molar-refractivity contribution >= 4 is 34.2 Å². The Labute approximate surface area is 120 Å². The quantitative estimate of drug-likeness (QED) is 0.686. The maximum atomic E-state index is 6.27. The zero-order valence-electron chi connectivity index (χ0n) is 10.1. The summed E-state index contributed by atoms with van der Waals surface area (Å²) in [6, 6.07) is 11.5. The molecule has 3 rings (SSSR count). The van der Waals surface area contributed by atoms with Crippen molar-refractivity contribution in [3.63, 3.8) is 0 Å². The van der Waals surface area contributed by atoms with Crippen LogP contribution in [0, 0.1) is 0 Å². The topological polar surface area (TPSA) is 30.7 Å². The number of halogens is 2. The van der Waals surface area contributed by atoms with Gasteiger partial charge < -0.3 is 4.57 Å². The van der Waals surface area contributed by atoms with Crippen LogP contribution in [-0.2, 0) is 12.4 Å². The van der Waals surface area contributed by atoms with Gasteiger partial charge in [0.05, 0.1) is 34.2 Å². The lowest BCUT2D eigenvalue weighted by atomic mass is 10.3. The number of imidazole rings is 1. The van der Waals surface area contributed by atoms with E-state index in [1.54, 1.807) is 6.20 Å². The third kappa shape index (κ3) is 2.31. The number of aromatic nitrogens is 3. The summed E-state index contributed by atoms with van der Waals surface area (Å²) >= 11 is 12.2. The molecule has 0 aliphatic carbocycles. The Balaban J connectivity index is 2.16. The van der Waals surface area contributed by atoms with Crippen LogP contribution < -0.4 is 0 Å². The van der Waals surface area contributed by atoms with Gasteiger partial charge in [-0.2, -0.15) is 0 Å². The molecule has 0 aliphatic rings. The Morgan fingerprint density at radius 3 is 2.74 bits per heavy atom. The molecule has 0 saturated carbocycles. The van der Waals surface area contributed by atoms with Crippen LogP contribution in [0.25, 0.3) is 11.0 Å². The minimum Gasteiger partial charge on any atom is -0.320 e. The molecule has 1 aromatic carbocycles. The Morgan fingerprint density at radius 2 is 2.00 bits per heavy atom. The van der Waals surface area contributed by atoms with Gasteiger partial charge >= 0.3 is 0 Å². The summed E-state index contributed by atoms with van der Waals surface area (Å²) < 4.78 is 2.02. The number of hydrogen-bond donors (Lipinski definition) is 0. The smallest absolute Gasteiger partial charge is 0.125 e. The van der Waals surface area contributed by atoms with E-state index in [0.717, 1.165) is 22.6 Å². The molecule has 19 heavy (non-hydrogen) atoms. The van der Waals surface area contributed by atoms with E-state index in [9.17, 15) is 0 Å². The molecule has 3 nitrogen and oxygen atoms in total. The van der Waals surface area contributed by atoms with E-state index in [2.05, 4.69) is 9.97 Å². The lowest BCUT2D eigenvalue weighted by Crippen LogP contribution is -2.05. The first-order chi connectivity index (χ1) is 9.29. The first kappa shape index (κ1) is 12.5. The largest absolute Gasteiger partial charge is 0.320 e. The molecule has 0 spiro atoms. The summed E-state index contributed by atoms with van der Waals surface area (Å²) in [4.78, 5) is 8.84. The summed E-state index contributed by atoms with van der Waals surface area (Å²) in [5, 5.41) is 0.678. The van der Waals surface area contributed by atoms with Crippen LogP contribution in [0.1, 0.15) is 11.5 Å². The molecule has 0 saturated heterocycles. The average molecular weight is 292 g/mol. The molecule has 2 aromatic heterocycles. The van der Waals surface area contributed by atoms with Gasteiger partial charge in [0.2, 0.25) is 0 Å². The fraction of sp³-hybridized carbons (Fsp3) is 0.143. The SMILES string of the molecule is ClCc1nc2cccc(Cl)c2n1Cc1ccccn1. The zero-order valence-corrected chi connectivity index (χ0v) is 11.6. The Kier molecular flexibility index (Phi) is 3.40. The molecule has 2 heterocycles. The van der Waals surface area contributed by atoms with Gasteiger partial charge in [-0.3, -0.25) is 4.98 Å². The van der Waals surface area contributed by atoms with Crippen molar-refractivity contribution in [2.75, 3.05) is 0 Å². The lowest BCUT2D eigenvalue weighted by Gasteiger charge is -2.07. The molecule has 3 aromatic rings. The lowest BCUT2D eigenvalue weighted by molar-refractivity contribution is 0.758. The first-order valence-electron chi connectivity index (χ1n) is 5.89. The van der Waals surface area contributed by atoms with E-state index in [1.807, 2.05) is 41.0 Å². The second-order valence-electron chi connectivity index (χ2n) is 4.18. The molecular weight excluding hydrogens is 281 g/mol. The number of hydrogen-bond acceptors (Lipinski definition) is 2. The van der Waals surface area contributed by atoms with Crippen LogP contribution in [0.2, 0.25) is 5.02 Å². The number of nitrogens with zero attached hydrogens (tertiary/aromatic N) is 3. The standard InChI is InChI=1S/C14H11Cl2N3/c15-8-13-18-12-6-3-5-11(16)14(12)19(13)9-10-4-1-2-7-17-10/h1-7H,8-9H2. The van der Waals surface area contributed by atoms with Gasteiger partial charge in [0.1, 0.15) is 5.82 Å². The van der Waals surface area contributed by atoms with Gasteiger partial charge in [-0.25, -0.2) is 4.98 Å². The van der Waals surface area contributed by atoms with E-state index in [1.165, 1.54) is 0 Å². The Morgan fingerprint density at radius 1 is 1.11 bits per heavy atom. The van der Waals surface area contributed by atoms with Gasteiger partial charge in [-0.05, 0) is 24.3 Å². The highest BCUT2D eigenvalue weighted by Crippen LogP contribution is 2.25. The third-order valence-electron chi connectivity index (χ3n) is 2.96. The molecule has 0 amide bonds. The summed E-state index contributed by atoms with van der Waals surface area (Å²) in [7, 11) is 0. The molecular formula is C14H11Cl2N3. The van der Waals surface area contributed by atoms with Crippen molar-refractivity contribution < 1.29 is 0 Å². The predicted octanol–water partition coefficient (Wildman–Crippen LogP) is 3.87. The Hall–Kier alpha value is -1.58. The fourth-order valence-electron chi connectivity index (χ4n) is 2.12. The number of fused-ring (bicyclic) bond motifs is 1. The summed E-state index contributed by atoms with van der Waals surface area (Å²) in [5.41, 5.74) is 2.72. The number of alkyl halides is 1. The summed E-state index contributed by atoms with van der Waals surface area (Å²) in [5.74, 6) is 1.15. The maximum Gasteiger partial charge on any atom is 0.125 e. The van der Waals surface area contributed by atoms with Crippen LogP contribution >= 0.6 is 23.2 Å². The second kappa shape index (κ2) is 5.19. The first-order valence-corrected chi connectivity index (χ1v) is 6.80. The van der Waals surface area contributed by atoms with Crippen LogP contribution in [0.5, 0.6) is 0 Å². The van der Waals surface area contributed by atoms with E-state index in [-0.39, 0.29) is 0 Å². The Bertz CT molecular complexity index is 707. The monoisotopic (exact) mass is 291 g/mol. The van der Waals surface area contributed by atoms with Crippen molar-refractivity contribution in [1.82, 2.24) is 14.5 Å². The van der Waals surface area contributed by atoms with Gasteiger partial charge in [0.15, 0.2) is 0 Å². The van der Waals surface area contributed by atoms with Crippen LogP contribution in [-0.4, -0.2) is 14.5 Å². The predicted molar refractivity (Wildman–Crippen MR) is 77.6 cm³/mol. The molecule has 0 fully saturated rings. The van der Waals surface area contributed by atoms with Gasteiger partial charge in [-0.1, -0.05) is 23.7 Å². The molecule has 5 heteroatoms. The second-order valence-corrected chi connectivity index (χ2v) is 4.85.